The first kappa shape index (κ1) is 17.4. The molecule has 0 spiro atoms. The van der Waals surface area contributed by atoms with Crippen molar-refractivity contribution in [3.05, 3.63) is 0 Å². The second kappa shape index (κ2) is 6.90. The third kappa shape index (κ3) is 4.74. The quantitative estimate of drug-likeness (QED) is 0.788. The van der Waals surface area contributed by atoms with Crippen molar-refractivity contribution >= 4 is 5.91 Å². The highest BCUT2D eigenvalue weighted by Crippen LogP contribution is 2.35. The van der Waals surface area contributed by atoms with Crippen LogP contribution in [0.4, 0.5) is 0 Å². The Morgan fingerprint density at radius 1 is 1.55 bits per heavy atom. The lowest BCUT2D eigenvalue weighted by Gasteiger charge is -2.41. The van der Waals surface area contributed by atoms with Crippen LogP contribution in [0.2, 0.25) is 0 Å². The molecule has 0 aliphatic heterocycles. The zero-order valence-electron chi connectivity index (χ0n) is 13.8. The number of amides is 1. The van der Waals surface area contributed by atoms with E-state index in [1.54, 1.807) is 0 Å². The molecule has 1 fully saturated rings. The van der Waals surface area contributed by atoms with Crippen molar-refractivity contribution in [1.82, 2.24) is 5.32 Å². The molecular formula is C16H32N2O2. The van der Waals surface area contributed by atoms with Crippen LogP contribution in [-0.2, 0) is 9.53 Å². The molecule has 1 saturated carbocycles. The Morgan fingerprint density at radius 3 is 2.70 bits per heavy atom. The topological polar surface area (TPSA) is 64.3 Å². The molecule has 0 heterocycles. The van der Waals surface area contributed by atoms with Crippen molar-refractivity contribution in [2.45, 2.75) is 84.0 Å². The number of carbonyl (C=O) groups is 1. The number of rotatable bonds is 6. The van der Waals surface area contributed by atoms with E-state index < -0.39 is 6.10 Å². The molecule has 3 N–H and O–H groups in total. The normalized spacial score (nSPS) is 29.0. The molecule has 4 nitrogen and oxygen atoms in total. The second-order valence-corrected chi connectivity index (χ2v) is 7.08. The number of nitrogens with two attached hydrogens (primary N) is 1. The van der Waals surface area contributed by atoms with Gasteiger partial charge in [0.2, 0.25) is 5.91 Å². The van der Waals surface area contributed by atoms with E-state index in [0.717, 1.165) is 25.7 Å². The third-order valence-corrected chi connectivity index (χ3v) is 4.56. The van der Waals surface area contributed by atoms with E-state index in [2.05, 4.69) is 19.2 Å². The standard InChI is InChI=1S/C16H32N2O2/c1-6-15(4,5)18-14(19)13(3)20-16(11-17)9-7-8-12(2)10-16/h12-13H,6-11,17H2,1-5H3,(H,18,19). The predicted molar refractivity (Wildman–Crippen MR) is 82.5 cm³/mol. The molecule has 0 bridgehead atoms. The van der Waals surface area contributed by atoms with Gasteiger partial charge in [-0.3, -0.25) is 4.79 Å². The molecule has 0 saturated heterocycles. The summed E-state index contributed by atoms with van der Waals surface area (Å²) in [5, 5.41) is 3.04. The average Bonchev–Trinajstić information content (AvgIpc) is 2.38. The zero-order chi connectivity index (χ0) is 15.4. The third-order valence-electron chi connectivity index (χ3n) is 4.56. The number of carbonyl (C=O) groups excluding carboxylic acids is 1. The minimum atomic E-state index is -0.449. The van der Waals surface area contributed by atoms with Crippen LogP contribution in [0.1, 0.15) is 66.7 Å². The molecule has 0 aromatic heterocycles. The maximum atomic E-state index is 12.3. The Balaban J connectivity index is 2.63. The van der Waals surface area contributed by atoms with Gasteiger partial charge in [-0.25, -0.2) is 0 Å². The predicted octanol–water partition coefficient (Wildman–Crippen LogP) is 2.60. The van der Waals surface area contributed by atoms with Crippen molar-refractivity contribution in [1.29, 1.82) is 0 Å². The average molecular weight is 284 g/mol. The molecule has 4 heteroatoms. The summed E-state index contributed by atoms with van der Waals surface area (Å²) < 4.78 is 6.11. The van der Waals surface area contributed by atoms with Crippen LogP contribution in [0.5, 0.6) is 0 Å². The minimum absolute atomic E-state index is 0.0390. The Bertz CT molecular complexity index is 330. The van der Waals surface area contributed by atoms with E-state index in [-0.39, 0.29) is 17.0 Å². The summed E-state index contributed by atoms with van der Waals surface area (Å²) in [4.78, 5) is 12.3. The molecule has 0 aromatic rings. The van der Waals surface area contributed by atoms with Gasteiger partial charge < -0.3 is 15.8 Å². The maximum Gasteiger partial charge on any atom is 0.249 e. The van der Waals surface area contributed by atoms with Gasteiger partial charge in [-0.05, 0) is 46.0 Å². The van der Waals surface area contributed by atoms with Crippen molar-refractivity contribution in [2.75, 3.05) is 6.54 Å². The Labute approximate surface area is 123 Å². The van der Waals surface area contributed by atoms with Gasteiger partial charge >= 0.3 is 0 Å². The van der Waals surface area contributed by atoms with Crippen LogP contribution in [0.3, 0.4) is 0 Å². The lowest BCUT2D eigenvalue weighted by molar-refractivity contribution is -0.152. The molecule has 1 aliphatic carbocycles. The highest BCUT2D eigenvalue weighted by atomic mass is 16.5. The van der Waals surface area contributed by atoms with Gasteiger partial charge in [0.05, 0.1) is 5.60 Å². The summed E-state index contributed by atoms with van der Waals surface area (Å²) in [6, 6.07) is 0. The van der Waals surface area contributed by atoms with Gasteiger partial charge in [-0.2, -0.15) is 0 Å². The number of ether oxygens (including phenoxy) is 1. The van der Waals surface area contributed by atoms with Crippen LogP contribution in [-0.4, -0.2) is 29.7 Å². The van der Waals surface area contributed by atoms with Crippen LogP contribution >= 0.6 is 0 Å². The Morgan fingerprint density at radius 2 is 2.20 bits per heavy atom. The molecule has 118 valence electrons. The first-order valence-electron chi connectivity index (χ1n) is 7.93. The van der Waals surface area contributed by atoms with E-state index in [4.69, 9.17) is 10.5 Å². The van der Waals surface area contributed by atoms with Crippen molar-refractivity contribution in [2.24, 2.45) is 11.7 Å². The molecule has 20 heavy (non-hydrogen) atoms. The second-order valence-electron chi connectivity index (χ2n) is 7.08. The van der Waals surface area contributed by atoms with Gasteiger partial charge in [-0.15, -0.1) is 0 Å². The first-order chi connectivity index (χ1) is 9.23. The largest absolute Gasteiger partial charge is 0.361 e. The fourth-order valence-corrected chi connectivity index (χ4v) is 2.90. The van der Waals surface area contributed by atoms with Gasteiger partial charge in [0, 0.05) is 12.1 Å². The lowest BCUT2D eigenvalue weighted by Crippen LogP contribution is -2.52. The monoisotopic (exact) mass is 284 g/mol. The number of hydrogen-bond donors (Lipinski definition) is 2. The van der Waals surface area contributed by atoms with Crippen LogP contribution in [0.25, 0.3) is 0 Å². The fraction of sp³-hybridized carbons (Fsp3) is 0.938. The maximum absolute atomic E-state index is 12.3. The number of nitrogens with one attached hydrogen (secondary N) is 1. The van der Waals surface area contributed by atoms with E-state index in [1.807, 2.05) is 20.8 Å². The summed E-state index contributed by atoms with van der Waals surface area (Å²) in [5.74, 6) is 0.581. The van der Waals surface area contributed by atoms with Crippen molar-refractivity contribution in [3.8, 4) is 0 Å². The molecule has 1 rings (SSSR count). The summed E-state index contributed by atoms with van der Waals surface area (Å²) in [7, 11) is 0. The smallest absolute Gasteiger partial charge is 0.249 e. The number of hydrogen-bond acceptors (Lipinski definition) is 3. The molecular weight excluding hydrogens is 252 g/mol. The zero-order valence-corrected chi connectivity index (χ0v) is 13.8. The Hall–Kier alpha value is -0.610. The van der Waals surface area contributed by atoms with E-state index in [1.165, 1.54) is 6.42 Å². The van der Waals surface area contributed by atoms with Gasteiger partial charge in [-0.1, -0.05) is 26.7 Å². The fourth-order valence-electron chi connectivity index (χ4n) is 2.90. The molecule has 0 radical (unpaired) electrons. The van der Waals surface area contributed by atoms with Gasteiger partial charge in [0.25, 0.3) is 0 Å². The van der Waals surface area contributed by atoms with Crippen LogP contribution in [0.15, 0.2) is 0 Å². The van der Waals surface area contributed by atoms with Crippen LogP contribution in [0, 0.1) is 5.92 Å². The summed E-state index contributed by atoms with van der Waals surface area (Å²) in [6.45, 7) is 10.7. The molecule has 3 atom stereocenters. The summed E-state index contributed by atoms with van der Waals surface area (Å²) >= 11 is 0. The van der Waals surface area contributed by atoms with Gasteiger partial charge in [0.1, 0.15) is 6.10 Å². The van der Waals surface area contributed by atoms with Gasteiger partial charge in [0.15, 0.2) is 0 Å². The summed E-state index contributed by atoms with van der Waals surface area (Å²) in [5.41, 5.74) is 5.44. The Kier molecular flexibility index (Phi) is 6.02. The highest BCUT2D eigenvalue weighted by Gasteiger charge is 2.37. The summed E-state index contributed by atoms with van der Waals surface area (Å²) in [6.07, 6.45) is 4.72. The molecule has 0 aromatic carbocycles. The van der Waals surface area contributed by atoms with E-state index in [0.29, 0.717) is 12.5 Å². The molecule has 1 amide bonds. The lowest BCUT2D eigenvalue weighted by atomic mass is 9.78. The minimum Gasteiger partial charge on any atom is -0.361 e. The van der Waals surface area contributed by atoms with E-state index >= 15 is 0 Å². The SMILES string of the molecule is CCC(C)(C)NC(=O)C(C)OC1(CN)CCCC(C)C1. The highest BCUT2D eigenvalue weighted by molar-refractivity contribution is 5.81. The van der Waals surface area contributed by atoms with Crippen molar-refractivity contribution < 1.29 is 9.53 Å². The first-order valence-corrected chi connectivity index (χ1v) is 7.93. The van der Waals surface area contributed by atoms with Crippen LogP contribution < -0.4 is 11.1 Å². The molecule has 3 unspecified atom stereocenters. The van der Waals surface area contributed by atoms with Crippen molar-refractivity contribution in [3.63, 3.8) is 0 Å². The van der Waals surface area contributed by atoms with E-state index in [9.17, 15) is 4.79 Å². The molecule has 1 aliphatic rings.